The van der Waals surface area contributed by atoms with E-state index in [4.69, 9.17) is 4.74 Å². The summed E-state index contributed by atoms with van der Waals surface area (Å²) in [6.07, 6.45) is -0.500. The number of rotatable bonds is 5. The molecule has 0 saturated carbocycles. The maximum absolute atomic E-state index is 11.6. The number of likely N-dealkylation sites (N-methyl/N-ethyl adjacent to an activating group) is 2. The van der Waals surface area contributed by atoms with Crippen LogP contribution in [0.4, 0.5) is 0 Å². The molecule has 1 N–H and O–H groups in total. The van der Waals surface area contributed by atoms with Crippen molar-refractivity contribution in [3.8, 4) is 0 Å². The highest BCUT2D eigenvalue weighted by Gasteiger charge is 2.20. The van der Waals surface area contributed by atoms with Crippen molar-refractivity contribution in [2.24, 2.45) is 0 Å². The second-order valence-corrected chi connectivity index (χ2v) is 2.90. The minimum atomic E-state index is -0.500. The molecule has 5 nitrogen and oxygen atoms in total. The van der Waals surface area contributed by atoms with Crippen molar-refractivity contribution in [2.75, 3.05) is 27.2 Å². The Hall–Kier alpha value is -1.10. The summed E-state index contributed by atoms with van der Waals surface area (Å²) >= 11 is 0. The maximum atomic E-state index is 11.6. The quantitative estimate of drug-likeness (QED) is 0.661. The Morgan fingerprint density at radius 2 is 2.07 bits per heavy atom. The van der Waals surface area contributed by atoms with Gasteiger partial charge in [-0.3, -0.25) is 9.59 Å². The van der Waals surface area contributed by atoms with Crippen LogP contribution in [0.25, 0.3) is 0 Å². The number of hydrogen-bond donors (Lipinski definition) is 1. The van der Waals surface area contributed by atoms with E-state index >= 15 is 0 Å². The molecular weight excluding hydrogens is 184 g/mol. The lowest BCUT2D eigenvalue weighted by Gasteiger charge is -2.22. The van der Waals surface area contributed by atoms with Crippen LogP contribution < -0.4 is 5.32 Å². The molecule has 0 rings (SSSR count). The molecule has 0 radical (unpaired) electrons. The van der Waals surface area contributed by atoms with Gasteiger partial charge in [-0.05, 0) is 13.8 Å². The molecule has 0 aromatic rings. The van der Waals surface area contributed by atoms with Crippen molar-refractivity contribution in [3.05, 3.63) is 0 Å². The molecule has 1 atom stereocenters. The van der Waals surface area contributed by atoms with Crippen LogP contribution in [0.3, 0.4) is 0 Å². The number of hydrogen-bond acceptors (Lipinski definition) is 3. The first-order valence-electron chi connectivity index (χ1n) is 4.58. The molecule has 82 valence electrons. The van der Waals surface area contributed by atoms with E-state index in [0.717, 1.165) is 0 Å². The Bertz CT molecular complexity index is 206. The van der Waals surface area contributed by atoms with Gasteiger partial charge in [-0.25, -0.2) is 0 Å². The standard InChI is InChI=1S/C9H18N2O3/c1-5-11(6-8(12)10-3)9(13)7(2)14-4/h7H,5-6H2,1-4H3,(H,10,12). The van der Waals surface area contributed by atoms with Gasteiger partial charge in [-0.15, -0.1) is 0 Å². The number of amides is 2. The third kappa shape index (κ3) is 3.74. The molecular formula is C9H18N2O3. The van der Waals surface area contributed by atoms with Gasteiger partial charge in [0.15, 0.2) is 0 Å². The number of methoxy groups -OCH3 is 1. The van der Waals surface area contributed by atoms with E-state index in [1.165, 1.54) is 12.0 Å². The number of carbonyl (C=O) groups excluding carboxylic acids is 2. The van der Waals surface area contributed by atoms with Crippen molar-refractivity contribution < 1.29 is 14.3 Å². The highest BCUT2D eigenvalue weighted by atomic mass is 16.5. The average Bonchev–Trinajstić information content (AvgIpc) is 2.23. The largest absolute Gasteiger partial charge is 0.372 e. The van der Waals surface area contributed by atoms with Gasteiger partial charge in [0, 0.05) is 20.7 Å². The molecule has 0 aromatic heterocycles. The van der Waals surface area contributed by atoms with Gasteiger partial charge in [0.05, 0.1) is 6.54 Å². The van der Waals surface area contributed by atoms with E-state index in [0.29, 0.717) is 6.54 Å². The van der Waals surface area contributed by atoms with Crippen molar-refractivity contribution in [2.45, 2.75) is 20.0 Å². The molecule has 0 heterocycles. The van der Waals surface area contributed by atoms with Crippen LogP contribution in [-0.2, 0) is 14.3 Å². The lowest BCUT2D eigenvalue weighted by Crippen LogP contribution is -2.44. The SMILES string of the molecule is CCN(CC(=O)NC)C(=O)C(C)OC. The lowest BCUT2D eigenvalue weighted by molar-refractivity contribution is -0.143. The number of nitrogens with zero attached hydrogens (tertiary/aromatic N) is 1. The summed E-state index contributed by atoms with van der Waals surface area (Å²) in [4.78, 5) is 24.1. The molecule has 14 heavy (non-hydrogen) atoms. The molecule has 0 saturated heterocycles. The van der Waals surface area contributed by atoms with Crippen LogP contribution in [0.15, 0.2) is 0 Å². The van der Waals surface area contributed by atoms with E-state index in [2.05, 4.69) is 5.32 Å². The second kappa shape index (κ2) is 6.37. The zero-order valence-electron chi connectivity index (χ0n) is 9.16. The van der Waals surface area contributed by atoms with Gasteiger partial charge in [0.2, 0.25) is 5.91 Å². The average molecular weight is 202 g/mol. The summed E-state index contributed by atoms with van der Waals surface area (Å²) < 4.78 is 4.89. The summed E-state index contributed by atoms with van der Waals surface area (Å²) in [5, 5.41) is 2.47. The first kappa shape index (κ1) is 12.9. The monoisotopic (exact) mass is 202 g/mol. The Morgan fingerprint density at radius 3 is 2.43 bits per heavy atom. The summed E-state index contributed by atoms with van der Waals surface area (Å²) in [6, 6.07) is 0. The fourth-order valence-electron chi connectivity index (χ4n) is 0.956. The van der Waals surface area contributed by atoms with Gasteiger partial charge in [-0.2, -0.15) is 0 Å². The van der Waals surface area contributed by atoms with E-state index < -0.39 is 6.10 Å². The van der Waals surface area contributed by atoms with Gasteiger partial charge in [0.1, 0.15) is 6.10 Å². The van der Waals surface area contributed by atoms with E-state index in [1.807, 2.05) is 6.92 Å². The minimum Gasteiger partial charge on any atom is -0.372 e. The Labute approximate surface area is 84.4 Å². The van der Waals surface area contributed by atoms with Crippen molar-refractivity contribution >= 4 is 11.8 Å². The van der Waals surface area contributed by atoms with E-state index in [9.17, 15) is 9.59 Å². The molecule has 0 aliphatic rings. The fourth-order valence-corrected chi connectivity index (χ4v) is 0.956. The zero-order chi connectivity index (χ0) is 11.1. The highest BCUT2D eigenvalue weighted by molar-refractivity contribution is 5.86. The normalized spacial score (nSPS) is 12.0. The third-order valence-electron chi connectivity index (χ3n) is 2.01. The van der Waals surface area contributed by atoms with Gasteiger partial charge < -0.3 is 15.0 Å². The van der Waals surface area contributed by atoms with E-state index in [-0.39, 0.29) is 18.4 Å². The maximum Gasteiger partial charge on any atom is 0.251 e. The number of nitrogens with one attached hydrogen (secondary N) is 1. The minimum absolute atomic E-state index is 0.0829. The number of ether oxygens (including phenoxy) is 1. The predicted molar refractivity (Wildman–Crippen MR) is 52.8 cm³/mol. The second-order valence-electron chi connectivity index (χ2n) is 2.90. The molecule has 0 aromatic carbocycles. The molecule has 2 amide bonds. The first-order valence-corrected chi connectivity index (χ1v) is 4.58. The number of carbonyl (C=O) groups is 2. The van der Waals surface area contributed by atoms with Gasteiger partial charge >= 0.3 is 0 Å². The summed E-state index contributed by atoms with van der Waals surface area (Å²) in [5.41, 5.74) is 0. The van der Waals surface area contributed by atoms with Crippen LogP contribution in [-0.4, -0.2) is 50.1 Å². The third-order valence-corrected chi connectivity index (χ3v) is 2.01. The topological polar surface area (TPSA) is 58.6 Å². The molecule has 0 bridgehead atoms. The van der Waals surface area contributed by atoms with Crippen molar-refractivity contribution in [1.82, 2.24) is 10.2 Å². The van der Waals surface area contributed by atoms with Crippen LogP contribution >= 0.6 is 0 Å². The Balaban J connectivity index is 4.26. The predicted octanol–water partition coefficient (Wildman–Crippen LogP) is -0.384. The molecule has 0 spiro atoms. The van der Waals surface area contributed by atoms with Crippen LogP contribution in [0.1, 0.15) is 13.8 Å². The van der Waals surface area contributed by atoms with E-state index in [1.54, 1.807) is 14.0 Å². The van der Waals surface area contributed by atoms with Gasteiger partial charge in [-0.1, -0.05) is 0 Å². The lowest BCUT2D eigenvalue weighted by atomic mass is 10.3. The van der Waals surface area contributed by atoms with Crippen LogP contribution in [0, 0.1) is 0 Å². The van der Waals surface area contributed by atoms with Crippen molar-refractivity contribution in [3.63, 3.8) is 0 Å². The first-order chi connectivity index (χ1) is 6.56. The Morgan fingerprint density at radius 1 is 1.50 bits per heavy atom. The molecule has 0 fully saturated rings. The van der Waals surface area contributed by atoms with Crippen LogP contribution in [0.5, 0.6) is 0 Å². The molecule has 5 heteroatoms. The summed E-state index contributed by atoms with van der Waals surface area (Å²) in [5.74, 6) is -0.345. The molecule has 0 aliphatic carbocycles. The van der Waals surface area contributed by atoms with Gasteiger partial charge in [0.25, 0.3) is 5.91 Å². The summed E-state index contributed by atoms with van der Waals surface area (Å²) in [7, 11) is 3.01. The molecule has 1 unspecified atom stereocenters. The molecule has 0 aliphatic heterocycles. The zero-order valence-corrected chi connectivity index (χ0v) is 9.16. The Kier molecular flexibility index (Phi) is 5.87. The van der Waals surface area contributed by atoms with Crippen molar-refractivity contribution in [1.29, 1.82) is 0 Å². The fraction of sp³-hybridized carbons (Fsp3) is 0.778. The highest BCUT2D eigenvalue weighted by Crippen LogP contribution is 1.97. The summed E-state index contributed by atoms with van der Waals surface area (Å²) in [6.45, 7) is 4.07. The van der Waals surface area contributed by atoms with Crippen LogP contribution in [0.2, 0.25) is 0 Å². The smallest absolute Gasteiger partial charge is 0.251 e.